The van der Waals surface area contributed by atoms with Gasteiger partial charge in [-0.15, -0.1) is 0 Å². The number of rotatable bonds is 5. The van der Waals surface area contributed by atoms with E-state index in [0.29, 0.717) is 17.5 Å². The second-order valence-electron chi connectivity index (χ2n) is 4.40. The average Bonchev–Trinajstić information content (AvgIpc) is 2.28. The van der Waals surface area contributed by atoms with Crippen molar-refractivity contribution in [2.75, 3.05) is 11.9 Å². The van der Waals surface area contributed by atoms with E-state index in [1.54, 1.807) is 19.1 Å². The molecule has 17 heavy (non-hydrogen) atoms. The van der Waals surface area contributed by atoms with Crippen molar-refractivity contribution in [1.82, 2.24) is 0 Å². The Bertz CT molecular complexity index is 362. The summed E-state index contributed by atoms with van der Waals surface area (Å²) in [4.78, 5) is 11.6. The number of benzene rings is 1. The van der Waals surface area contributed by atoms with E-state index in [4.69, 9.17) is 16.3 Å². The average molecular weight is 256 g/mol. The molecule has 4 heteroatoms. The van der Waals surface area contributed by atoms with Gasteiger partial charge in [0.1, 0.15) is 6.04 Å². The van der Waals surface area contributed by atoms with Gasteiger partial charge in [-0.3, -0.25) is 0 Å². The van der Waals surface area contributed by atoms with Crippen molar-refractivity contribution in [2.24, 2.45) is 5.92 Å². The number of nitrogens with one attached hydrogen (secondary N) is 1. The van der Waals surface area contributed by atoms with Crippen LogP contribution in [0.5, 0.6) is 0 Å². The van der Waals surface area contributed by atoms with Gasteiger partial charge in [-0.1, -0.05) is 25.4 Å². The fourth-order valence-corrected chi connectivity index (χ4v) is 1.35. The Balaban J connectivity index is 2.45. The zero-order valence-corrected chi connectivity index (χ0v) is 11.1. The summed E-state index contributed by atoms with van der Waals surface area (Å²) < 4.78 is 5.13. The van der Waals surface area contributed by atoms with E-state index in [9.17, 15) is 4.79 Å². The third-order valence-electron chi connectivity index (χ3n) is 2.14. The van der Waals surface area contributed by atoms with Crippen LogP contribution < -0.4 is 5.32 Å². The number of carbonyl (C=O) groups excluding carboxylic acids is 1. The molecule has 3 nitrogen and oxygen atoms in total. The summed E-state index contributed by atoms with van der Waals surface area (Å²) in [6.07, 6.45) is 0. The monoisotopic (exact) mass is 255 g/mol. The van der Waals surface area contributed by atoms with E-state index < -0.39 is 0 Å². The van der Waals surface area contributed by atoms with Gasteiger partial charge >= 0.3 is 5.97 Å². The first-order valence-corrected chi connectivity index (χ1v) is 6.05. The molecular formula is C13H18ClNO2. The van der Waals surface area contributed by atoms with Gasteiger partial charge in [-0.2, -0.15) is 0 Å². The summed E-state index contributed by atoms with van der Waals surface area (Å²) in [7, 11) is 0. The van der Waals surface area contributed by atoms with E-state index in [0.717, 1.165) is 5.69 Å². The van der Waals surface area contributed by atoms with Gasteiger partial charge in [0.2, 0.25) is 0 Å². The Hall–Kier alpha value is -1.22. The van der Waals surface area contributed by atoms with Crippen LogP contribution in [0.25, 0.3) is 0 Å². The smallest absolute Gasteiger partial charge is 0.328 e. The predicted molar refractivity (Wildman–Crippen MR) is 70.3 cm³/mol. The number of hydrogen-bond donors (Lipinski definition) is 1. The third-order valence-corrected chi connectivity index (χ3v) is 2.39. The molecule has 1 rings (SSSR count). The molecular weight excluding hydrogens is 238 g/mol. The van der Waals surface area contributed by atoms with Gasteiger partial charge < -0.3 is 10.1 Å². The molecule has 0 saturated heterocycles. The summed E-state index contributed by atoms with van der Waals surface area (Å²) in [6.45, 7) is 6.23. The Morgan fingerprint density at radius 2 is 1.88 bits per heavy atom. The summed E-state index contributed by atoms with van der Waals surface area (Å²) in [5, 5.41) is 3.73. The summed E-state index contributed by atoms with van der Waals surface area (Å²) in [6, 6.07) is 6.84. The van der Waals surface area contributed by atoms with Gasteiger partial charge in [0.25, 0.3) is 0 Å². The molecule has 0 aliphatic heterocycles. The van der Waals surface area contributed by atoms with Crippen LogP contribution >= 0.6 is 11.6 Å². The van der Waals surface area contributed by atoms with Crippen LogP contribution in [-0.4, -0.2) is 18.6 Å². The highest BCUT2D eigenvalue weighted by atomic mass is 35.5. The Kier molecular flexibility index (Phi) is 5.29. The molecule has 94 valence electrons. The molecule has 1 aromatic rings. The Morgan fingerprint density at radius 3 is 2.41 bits per heavy atom. The number of halogens is 1. The van der Waals surface area contributed by atoms with Crippen LogP contribution in [0.4, 0.5) is 5.69 Å². The van der Waals surface area contributed by atoms with Crippen molar-refractivity contribution in [3.63, 3.8) is 0 Å². The molecule has 0 heterocycles. The van der Waals surface area contributed by atoms with E-state index in [1.165, 1.54) is 0 Å². The van der Waals surface area contributed by atoms with Gasteiger partial charge in [-0.25, -0.2) is 4.79 Å². The first kappa shape index (κ1) is 13.8. The predicted octanol–water partition coefficient (Wildman–Crippen LogP) is 3.34. The maximum Gasteiger partial charge on any atom is 0.328 e. The molecule has 0 amide bonds. The van der Waals surface area contributed by atoms with Crippen LogP contribution in [0.3, 0.4) is 0 Å². The van der Waals surface area contributed by atoms with Crippen LogP contribution in [0.1, 0.15) is 20.8 Å². The lowest BCUT2D eigenvalue weighted by atomic mass is 10.2. The first-order chi connectivity index (χ1) is 7.99. The minimum Gasteiger partial charge on any atom is -0.464 e. The fourth-order valence-electron chi connectivity index (χ4n) is 1.23. The molecule has 0 radical (unpaired) electrons. The van der Waals surface area contributed by atoms with Crippen LogP contribution in [-0.2, 0) is 9.53 Å². The minimum atomic E-state index is -0.366. The van der Waals surface area contributed by atoms with Gasteiger partial charge in [-0.05, 0) is 37.1 Å². The van der Waals surface area contributed by atoms with Crippen molar-refractivity contribution in [3.05, 3.63) is 29.3 Å². The van der Waals surface area contributed by atoms with Crippen molar-refractivity contribution in [1.29, 1.82) is 0 Å². The minimum absolute atomic E-state index is 0.242. The van der Waals surface area contributed by atoms with Crippen LogP contribution in [0.15, 0.2) is 24.3 Å². The lowest BCUT2D eigenvalue weighted by Crippen LogP contribution is -2.29. The number of carbonyl (C=O) groups is 1. The molecule has 0 bridgehead atoms. The van der Waals surface area contributed by atoms with Crippen molar-refractivity contribution < 1.29 is 9.53 Å². The Labute approximate surface area is 107 Å². The highest BCUT2D eigenvalue weighted by Crippen LogP contribution is 2.14. The summed E-state index contributed by atoms with van der Waals surface area (Å²) in [5.74, 6) is 0.107. The van der Waals surface area contributed by atoms with E-state index in [2.05, 4.69) is 5.32 Å². The molecule has 0 aliphatic carbocycles. The second kappa shape index (κ2) is 6.50. The number of esters is 1. The number of anilines is 1. The van der Waals surface area contributed by atoms with E-state index in [-0.39, 0.29) is 12.0 Å². The molecule has 1 atom stereocenters. The Morgan fingerprint density at radius 1 is 1.29 bits per heavy atom. The first-order valence-electron chi connectivity index (χ1n) is 5.67. The second-order valence-corrected chi connectivity index (χ2v) is 4.83. The maximum absolute atomic E-state index is 11.6. The van der Waals surface area contributed by atoms with Crippen molar-refractivity contribution in [2.45, 2.75) is 26.8 Å². The normalized spacial score (nSPS) is 12.3. The topological polar surface area (TPSA) is 38.3 Å². The van der Waals surface area contributed by atoms with E-state index >= 15 is 0 Å². The molecule has 1 N–H and O–H groups in total. The van der Waals surface area contributed by atoms with Crippen LogP contribution in [0, 0.1) is 5.92 Å². The molecule has 0 saturated carbocycles. The zero-order valence-electron chi connectivity index (χ0n) is 10.4. The van der Waals surface area contributed by atoms with Crippen molar-refractivity contribution in [3.8, 4) is 0 Å². The maximum atomic E-state index is 11.6. The molecule has 0 aromatic heterocycles. The summed E-state index contributed by atoms with van der Waals surface area (Å²) in [5.41, 5.74) is 0.850. The number of ether oxygens (including phenoxy) is 1. The van der Waals surface area contributed by atoms with Crippen LogP contribution in [0.2, 0.25) is 5.02 Å². The summed E-state index contributed by atoms with van der Waals surface area (Å²) >= 11 is 5.78. The largest absolute Gasteiger partial charge is 0.464 e. The van der Waals surface area contributed by atoms with Gasteiger partial charge in [0, 0.05) is 10.7 Å². The SMILES string of the molecule is CC(C)COC(=O)C(C)Nc1ccc(Cl)cc1. The quantitative estimate of drug-likeness (QED) is 0.820. The molecule has 0 spiro atoms. The van der Waals surface area contributed by atoms with Gasteiger partial charge in [0.15, 0.2) is 0 Å². The lowest BCUT2D eigenvalue weighted by Gasteiger charge is -2.15. The van der Waals surface area contributed by atoms with E-state index in [1.807, 2.05) is 26.0 Å². The highest BCUT2D eigenvalue weighted by Gasteiger charge is 2.14. The van der Waals surface area contributed by atoms with Crippen molar-refractivity contribution >= 4 is 23.3 Å². The number of hydrogen-bond acceptors (Lipinski definition) is 3. The standard InChI is InChI=1S/C13H18ClNO2/c1-9(2)8-17-13(16)10(3)15-12-6-4-11(14)5-7-12/h4-7,9-10,15H,8H2,1-3H3. The van der Waals surface area contributed by atoms with Gasteiger partial charge in [0.05, 0.1) is 6.61 Å². The molecule has 1 unspecified atom stereocenters. The third kappa shape index (κ3) is 5.09. The fraction of sp³-hybridized carbons (Fsp3) is 0.462. The highest BCUT2D eigenvalue weighted by molar-refractivity contribution is 6.30. The molecule has 0 fully saturated rings. The molecule has 1 aromatic carbocycles. The zero-order chi connectivity index (χ0) is 12.8. The molecule has 0 aliphatic rings. The lowest BCUT2D eigenvalue weighted by molar-refractivity contribution is -0.145.